The molecule has 0 aliphatic rings. The monoisotopic (exact) mass is 448 g/mol. The second-order valence-electron chi connectivity index (χ2n) is 6.05. The van der Waals surface area contributed by atoms with Gasteiger partial charge >= 0.3 is 5.97 Å². The molecule has 0 aliphatic heterocycles. The largest absolute Gasteiger partial charge is 0.465 e. The van der Waals surface area contributed by atoms with Gasteiger partial charge in [0.15, 0.2) is 4.34 Å². The fourth-order valence-corrected chi connectivity index (χ4v) is 6.29. The molecule has 1 heterocycles. The Labute approximate surface area is 178 Å². The van der Waals surface area contributed by atoms with E-state index in [1.807, 2.05) is 35.7 Å². The summed E-state index contributed by atoms with van der Waals surface area (Å²) in [5, 5.41) is 1.90. The number of aryl methyl sites for hydroxylation is 1. The SMILES string of the molecule is CCN(Sc1nc(-c2ccccc2)cs1)S(=O)(=O)c1ccc(C)c(C(=O)OC)c1. The minimum absolute atomic E-state index is 0.0395. The number of carbonyl (C=O) groups excluding carboxylic acids is 1. The van der Waals surface area contributed by atoms with Gasteiger partial charge in [-0.2, -0.15) is 0 Å². The first-order valence-corrected chi connectivity index (χ1v) is 11.9. The zero-order valence-corrected chi connectivity index (χ0v) is 18.6. The van der Waals surface area contributed by atoms with Crippen LogP contribution >= 0.6 is 23.3 Å². The van der Waals surface area contributed by atoms with Gasteiger partial charge in [0, 0.05) is 29.4 Å². The summed E-state index contributed by atoms with van der Waals surface area (Å²) in [6.07, 6.45) is 0. The van der Waals surface area contributed by atoms with E-state index in [1.165, 1.54) is 34.3 Å². The van der Waals surface area contributed by atoms with Crippen molar-refractivity contribution in [3.63, 3.8) is 0 Å². The number of ether oxygens (including phenoxy) is 1. The highest BCUT2D eigenvalue weighted by Crippen LogP contribution is 2.34. The van der Waals surface area contributed by atoms with Crippen LogP contribution in [0.1, 0.15) is 22.8 Å². The lowest BCUT2D eigenvalue weighted by Gasteiger charge is -2.18. The van der Waals surface area contributed by atoms with Crippen molar-refractivity contribution in [3.8, 4) is 11.3 Å². The lowest BCUT2D eigenvalue weighted by molar-refractivity contribution is 0.0599. The van der Waals surface area contributed by atoms with Crippen LogP contribution in [0.25, 0.3) is 11.3 Å². The van der Waals surface area contributed by atoms with Crippen molar-refractivity contribution in [2.24, 2.45) is 0 Å². The van der Waals surface area contributed by atoms with Gasteiger partial charge in [-0.25, -0.2) is 18.2 Å². The van der Waals surface area contributed by atoms with E-state index in [4.69, 9.17) is 4.74 Å². The van der Waals surface area contributed by atoms with Crippen LogP contribution in [0, 0.1) is 6.92 Å². The first-order valence-electron chi connectivity index (χ1n) is 8.77. The van der Waals surface area contributed by atoms with E-state index in [0.29, 0.717) is 9.90 Å². The molecule has 0 fully saturated rings. The summed E-state index contributed by atoms with van der Waals surface area (Å²) in [6.45, 7) is 3.73. The van der Waals surface area contributed by atoms with Crippen LogP contribution in [0.2, 0.25) is 0 Å². The van der Waals surface area contributed by atoms with Gasteiger partial charge in [-0.3, -0.25) is 0 Å². The van der Waals surface area contributed by atoms with Gasteiger partial charge in [-0.15, -0.1) is 15.0 Å². The zero-order valence-electron chi connectivity index (χ0n) is 16.2. The standard InChI is InChI=1S/C20H20N2O4S3/c1-4-22(28-20-21-18(13-27-20)15-8-6-5-7-9-15)29(24,25)16-11-10-14(2)17(12-16)19(23)26-3/h5-13H,4H2,1-3H3. The number of esters is 1. The first-order chi connectivity index (χ1) is 13.9. The number of aromatic nitrogens is 1. The minimum Gasteiger partial charge on any atom is -0.465 e. The molecule has 0 saturated heterocycles. The fraction of sp³-hybridized carbons (Fsp3) is 0.200. The third-order valence-corrected chi connectivity index (χ3v) is 8.48. The minimum atomic E-state index is -3.83. The molecule has 3 rings (SSSR count). The Balaban J connectivity index is 1.88. The fourth-order valence-electron chi connectivity index (χ4n) is 2.62. The van der Waals surface area contributed by atoms with Gasteiger partial charge in [0.05, 0.1) is 23.3 Å². The second kappa shape index (κ2) is 9.08. The summed E-state index contributed by atoms with van der Waals surface area (Å²) < 4.78 is 32.9. The van der Waals surface area contributed by atoms with Crippen molar-refractivity contribution in [3.05, 3.63) is 65.0 Å². The maximum absolute atomic E-state index is 13.1. The predicted octanol–water partition coefficient (Wildman–Crippen LogP) is 4.62. The van der Waals surface area contributed by atoms with E-state index in [9.17, 15) is 13.2 Å². The number of sulfonamides is 1. The van der Waals surface area contributed by atoms with Crippen LogP contribution < -0.4 is 0 Å². The Morgan fingerprint density at radius 2 is 1.93 bits per heavy atom. The molecule has 9 heteroatoms. The molecule has 0 radical (unpaired) electrons. The van der Waals surface area contributed by atoms with Crippen molar-refractivity contribution >= 4 is 39.3 Å². The van der Waals surface area contributed by atoms with Crippen molar-refractivity contribution in [2.75, 3.05) is 13.7 Å². The molecular formula is C20H20N2O4S3. The average molecular weight is 449 g/mol. The van der Waals surface area contributed by atoms with Crippen molar-refractivity contribution in [1.29, 1.82) is 0 Å². The third kappa shape index (κ3) is 4.69. The number of hydrogen-bond acceptors (Lipinski definition) is 7. The number of methoxy groups -OCH3 is 1. The average Bonchev–Trinajstić information content (AvgIpc) is 3.21. The highest BCUT2D eigenvalue weighted by molar-refractivity contribution is 8.09. The van der Waals surface area contributed by atoms with Gasteiger partial charge in [0.1, 0.15) is 0 Å². The van der Waals surface area contributed by atoms with E-state index in [-0.39, 0.29) is 17.0 Å². The molecule has 0 bridgehead atoms. The lowest BCUT2D eigenvalue weighted by atomic mass is 10.1. The number of hydrogen-bond donors (Lipinski definition) is 0. The summed E-state index contributed by atoms with van der Waals surface area (Å²) in [6, 6.07) is 14.2. The molecule has 0 unspecified atom stereocenters. The number of nitrogens with zero attached hydrogens (tertiary/aromatic N) is 2. The Morgan fingerprint density at radius 1 is 1.21 bits per heavy atom. The maximum atomic E-state index is 13.1. The molecule has 2 aromatic carbocycles. The molecule has 29 heavy (non-hydrogen) atoms. The Morgan fingerprint density at radius 3 is 2.59 bits per heavy atom. The molecular weight excluding hydrogens is 428 g/mol. The molecule has 6 nitrogen and oxygen atoms in total. The Bertz CT molecular complexity index is 1110. The molecule has 0 saturated carbocycles. The lowest BCUT2D eigenvalue weighted by Crippen LogP contribution is -2.24. The van der Waals surface area contributed by atoms with E-state index >= 15 is 0 Å². The molecule has 0 aliphatic carbocycles. The second-order valence-corrected chi connectivity index (χ2v) is 10.3. The predicted molar refractivity (Wildman–Crippen MR) is 115 cm³/mol. The molecule has 0 amide bonds. The molecule has 152 valence electrons. The number of benzene rings is 2. The van der Waals surface area contributed by atoms with Crippen LogP contribution in [0.4, 0.5) is 0 Å². The van der Waals surface area contributed by atoms with E-state index < -0.39 is 16.0 Å². The summed E-state index contributed by atoms with van der Waals surface area (Å²) in [5.74, 6) is -0.567. The van der Waals surface area contributed by atoms with E-state index in [2.05, 4.69) is 4.98 Å². The van der Waals surface area contributed by atoms with Crippen LogP contribution in [-0.4, -0.2) is 36.7 Å². The quantitative estimate of drug-likeness (QED) is 0.388. The normalized spacial score (nSPS) is 11.6. The molecule has 0 spiro atoms. The van der Waals surface area contributed by atoms with Crippen molar-refractivity contribution < 1.29 is 17.9 Å². The maximum Gasteiger partial charge on any atom is 0.338 e. The van der Waals surface area contributed by atoms with Gasteiger partial charge in [0.2, 0.25) is 0 Å². The zero-order chi connectivity index (χ0) is 21.0. The van der Waals surface area contributed by atoms with E-state index in [0.717, 1.165) is 23.2 Å². The highest BCUT2D eigenvalue weighted by atomic mass is 32.3. The van der Waals surface area contributed by atoms with Gasteiger partial charge < -0.3 is 4.74 Å². The third-order valence-electron chi connectivity index (χ3n) is 4.17. The Kier molecular flexibility index (Phi) is 6.74. The van der Waals surface area contributed by atoms with Gasteiger partial charge in [-0.1, -0.05) is 43.3 Å². The molecule has 0 N–H and O–H groups in total. The van der Waals surface area contributed by atoms with E-state index in [1.54, 1.807) is 19.9 Å². The summed E-state index contributed by atoms with van der Waals surface area (Å²) in [4.78, 5) is 16.5. The molecule has 1 aromatic heterocycles. The topological polar surface area (TPSA) is 76.6 Å². The van der Waals surface area contributed by atoms with Crippen LogP contribution in [-0.2, 0) is 14.8 Å². The van der Waals surface area contributed by atoms with Crippen molar-refractivity contribution in [2.45, 2.75) is 23.1 Å². The Hall–Kier alpha value is -2.20. The molecule has 0 atom stereocenters. The summed E-state index contributed by atoms with van der Waals surface area (Å²) in [5.41, 5.74) is 2.66. The summed E-state index contributed by atoms with van der Waals surface area (Å²) >= 11 is 2.45. The highest BCUT2D eigenvalue weighted by Gasteiger charge is 2.27. The smallest absolute Gasteiger partial charge is 0.338 e. The first kappa shape index (κ1) is 21.5. The van der Waals surface area contributed by atoms with Crippen LogP contribution in [0.3, 0.4) is 0 Å². The molecule has 3 aromatic rings. The summed E-state index contributed by atoms with van der Waals surface area (Å²) in [7, 11) is -2.56. The van der Waals surface area contributed by atoms with Crippen LogP contribution in [0.15, 0.2) is 63.1 Å². The van der Waals surface area contributed by atoms with Crippen molar-refractivity contribution in [1.82, 2.24) is 8.69 Å². The number of thiazole rings is 1. The van der Waals surface area contributed by atoms with Crippen LogP contribution in [0.5, 0.6) is 0 Å². The van der Waals surface area contributed by atoms with Gasteiger partial charge in [0.25, 0.3) is 10.0 Å². The number of carbonyl (C=O) groups is 1. The number of rotatable bonds is 7. The van der Waals surface area contributed by atoms with Gasteiger partial charge in [-0.05, 0) is 24.6 Å².